The Morgan fingerprint density at radius 2 is 2.00 bits per heavy atom. The Labute approximate surface area is 124 Å². The van der Waals surface area contributed by atoms with E-state index in [2.05, 4.69) is 4.74 Å². The molecule has 2 rings (SSSR count). The van der Waals surface area contributed by atoms with E-state index in [1.165, 1.54) is 17.0 Å². The monoisotopic (exact) mass is 317 g/mol. The van der Waals surface area contributed by atoms with Gasteiger partial charge in [-0.25, -0.2) is 4.79 Å². The van der Waals surface area contributed by atoms with Crippen LogP contribution in [0.4, 0.5) is 13.2 Å². The molecule has 120 valence electrons. The number of carboxylic acids is 1. The first-order chi connectivity index (χ1) is 10.3. The van der Waals surface area contributed by atoms with Crippen LogP contribution >= 0.6 is 0 Å². The first-order valence-corrected chi connectivity index (χ1v) is 6.67. The van der Waals surface area contributed by atoms with Gasteiger partial charge in [-0.15, -0.1) is 13.2 Å². The van der Waals surface area contributed by atoms with E-state index in [0.717, 1.165) is 12.1 Å². The van der Waals surface area contributed by atoms with Crippen molar-refractivity contribution in [3.8, 4) is 5.75 Å². The van der Waals surface area contributed by atoms with E-state index in [1.54, 1.807) is 0 Å². The van der Waals surface area contributed by atoms with Crippen molar-refractivity contribution in [3.63, 3.8) is 0 Å². The summed E-state index contributed by atoms with van der Waals surface area (Å²) < 4.78 is 40.4. The Bertz CT molecular complexity index is 573. The van der Waals surface area contributed by atoms with Crippen molar-refractivity contribution in [1.82, 2.24) is 4.90 Å². The summed E-state index contributed by atoms with van der Waals surface area (Å²) in [4.78, 5) is 24.7. The predicted molar refractivity (Wildman–Crippen MR) is 69.4 cm³/mol. The molecule has 0 aromatic heterocycles. The number of nitrogens with zero attached hydrogens (tertiary/aromatic N) is 1. The Hall–Kier alpha value is -2.25. The molecule has 0 aliphatic carbocycles. The van der Waals surface area contributed by atoms with Crippen molar-refractivity contribution in [2.24, 2.45) is 0 Å². The topological polar surface area (TPSA) is 66.8 Å². The molecule has 1 aromatic carbocycles. The van der Waals surface area contributed by atoms with Gasteiger partial charge in [-0.3, -0.25) is 4.79 Å². The number of halogens is 3. The van der Waals surface area contributed by atoms with E-state index in [4.69, 9.17) is 5.11 Å². The standard InChI is InChI=1S/C14H14F3NO4/c15-14(16,17)22-10-5-3-4-9(8-10)12(19)18-7-2-1-6-11(18)13(20)21/h3-5,8,11H,1-2,6-7H2,(H,20,21). The van der Waals surface area contributed by atoms with Gasteiger partial charge in [0.25, 0.3) is 5.91 Å². The molecule has 0 radical (unpaired) electrons. The van der Waals surface area contributed by atoms with Crippen LogP contribution in [0.1, 0.15) is 29.6 Å². The summed E-state index contributed by atoms with van der Waals surface area (Å²) in [5, 5.41) is 9.14. The molecule has 0 bridgehead atoms. The Morgan fingerprint density at radius 1 is 1.27 bits per heavy atom. The molecular formula is C14H14F3NO4. The van der Waals surface area contributed by atoms with Crippen LogP contribution < -0.4 is 4.74 Å². The van der Waals surface area contributed by atoms with E-state index in [-0.39, 0.29) is 12.1 Å². The second-order valence-corrected chi connectivity index (χ2v) is 4.92. The highest BCUT2D eigenvalue weighted by Gasteiger charge is 2.34. The number of benzene rings is 1. The smallest absolute Gasteiger partial charge is 0.480 e. The molecule has 1 saturated heterocycles. The highest BCUT2D eigenvalue weighted by atomic mass is 19.4. The SMILES string of the molecule is O=C(O)C1CCCCN1C(=O)c1cccc(OC(F)(F)F)c1. The van der Waals surface area contributed by atoms with Crippen LogP contribution in [0.25, 0.3) is 0 Å². The highest BCUT2D eigenvalue weighted by molar-refractivity contribution is 5.97. The third kappa shape index (κ3) is 3.90. The van der Waals surface area contributed by atoms with Gasteiger partial charge in [-0.05, 0) is 37.5 Å². The highest BCUT2D eigenvalue weighted by Crippen LogP contribution is 2.25. The fraction of sp³-hybridized carbons (Fsp3) is 0.429. The third-order valence-corrected chi connectivity index (χ3v) is 3.36. The molecule has 1 aliphatic heterocycles. The lowest BCUT2D eigenvalue weighted by Gasteiger charge is -2.33. The minimum absolute atomic E-state index is 0.0325. The normalized spacial score (nSPS) is 18.9. The van der Waals surface area contributed by atoms with Gasteiger partial charge in [0.15, 0.2) is 0 Å². The lowest BCUT2D eigenvalue weighted by Crippen LogP contribution is -2.47. The summed E-state index contributed by atoms with van der Waals surface area (Å²) in [7, 11) is 0. The second-order valence-electron chi connectivity index (χ2n) is 4.92. The Kier molecular flexibility index (Phi) is 4.58. The lowest BCUT2D eigenvalue weighted by atomic mass is 10.0. The molecule has 1 N–H and O–H groups in total. The van der Waals surface area contributed by atoms with Crippen LogP contribution in [-0.4, -0.2) is 40.8 Å². The molecule has 0 spiro atoms. The number of rotatable bonds is 3. The van der Waals surface area contributed by atoms with Gasteiger partial charge in [0.2, 0.25) is 0 Å². The third-order valence-electron chi connectivity index (χ3n) is 3.36. The zero-order valence-electron chi connectivity index (χ0n) is 11.5. The first kappa shape index (κ1) is 16.1. The van der Waals surface area contributed by atoms with Gasteiger partial charge < -0.3 is 14.7 Å². The predicted octanol–water partition coefficient (Wildman–Crippen LogP) is 2.66. The number of carboxylic acid groups (broad SMARTS) is 1. The fourth-order valence-corrected chi connectivity index (χ4v) is 2.42. The van der Waals surface area contributed by atoms with E-state index >= 15 is 0 Å². The first-order valence-electron chi connectivity index (χ1n) is 6.67. The van der Waals surface area contributed by atoms with Gasteiger partial charge in [0.05, 0.1) is 0 Å². The molecule has 1 heterocycles. The molecule has 22 heavy (non-hydrogen) atoms. The van der Waals surface area contributed by atoms with Gasteiger partial charge in [-0.1, -0.05) is 6.07 Å². The number of carbonyl (C=O) groups excluding carboxylic acids is 1. The van der Waals surface area contributed by atoms with E-state index < -0.39 is 30.0 Å². The summed E-state index contributed by atoms with van der Waals surface area (Å²) in [6.07, 6.45) is -3.16. The maximum Gasteiger partial charge on any atom is 0.573 e. The minimum Gasteiger partial charge on any atom is -0.480 e. The average Bonchev–Trinajstić information content (AvgIpc) is 2.45. The average molecular weight is 317 g/mol. The molecule has 1 amide bonds. The fourth-order valence-electron chi connectivity index (χ4n) is 2.42. The van der Waals surface area contributed by atoms with Crippen molar-refractivity contribution in [2.45, 2.75) is 31.7 Å². The Balaban J connectivity index is 2.21. The molecule has 0 saturated carbocycles. The zero-order chi connectivity index (χ0) is 16.3. The zero-order valence-corrected chi connectivity index (χ0v) is 11.5. The van der Waals surface area contributed by atoms with Crippen LogP contribution in [0.5, 0.6) is 5.75 Å². The van der Waals surface area contributed by atoms with E-state index in [1.807, 2.05) is 0 Å². The number of aliphatic carboxylic acids is 1. The summed E-state index contributed by atoms with van der Waals surface area (Å²) in [5.41, 5.74) is -0.0325. The molecular weight excluding hydrogens is 303 g/mol. The van der Waals surface area contributed by atoms with E-state index in [0.29, 0.717) is 19.3 Å². The molecule has 5 nitrogen and oxygen atoms in total. The molecule has 1 unspecified atom stereocenters. The van der Waals surface area contributed by atoms with Crippen molar-refractivity contribution >= 4 is 11.9 Å². The Morgan fingerprint density at radius 3 is 2.64 bits per heavy atom. The van der Waals surface area contributed by atoms with Crippen LogP contribution in [-0.2, 0) is 4.79 Å². The second kappa shape index (κ2) is 6.25. The summed E-state index contributed by atoms with van der Waals surface area (Å²) in [5.74, 6) is -2.24. The van der Waals surface area contributed by atoms with Gasteiger partial charge in [0, 0.05) is 12.1 Å². The molecule has 1 atom stereocenters. The van der Waals surface area contributed by atoms with Gasteiger partial charge in [-0.2, -0.15) is 0 Å². The number of piperidine rings is 1. The molecule has 8 heteroatoms. The number of hydrogen-bond acceptors (Lipinski definition) is 3. The number of alkyl halides is 3. The maximum absolute atomic E-state index is 12.4. The number of amides is 1. The van der Waals surface area contributed by atoms with E-state index in [9.17, 15) is 22.8 Å². The summed E-state index contributed by atoms with van der Waals surface area (Å²) in [6, 6.07) is 3.68. The number of likely N-dealkylation sites (tertiary alicyclic amines) is 1. The summed E-state index contributed by atoms with van der Waals surface area (Å²) in [6.45, 7) is 0.264. The van der Waals surface area contributed by atoms with Crippen LogP contribution in [0.15, 0.2) is 24.3 Å². The van der Waals surface area contributed by atoms with Crippen LogP contribution in [0.2, 0.25) is 0 Å². The van der Waals surface area contributed by atoms with Crippen molar-refractivity contribution in [3.05, 3.63) is 29.8 Å². The molecule has 1 fully saturated rings. The largest absolute Gasteiger partial charge is 0.573 e. The minimum atomic E-state index is -4.85. The molecule has 1 aromatic rings. The molecule has 1 aliphatic rings. The van der Waals surface area contributed by atoms with Crippen molar-refractivity contribution in [2.75, 3.05) is 6.54 Å². The van der Waals surface area contributed by atoms with Gasteiger partial charge >= 0.3 is 12.3 Å². The van der Waals surface area contributed by atoms with Crippen LogP contribution in [0, 0.1) is 0 Å². The number of hydrogen-bond donors (Lipinski definition) is 1. The van der Waals surface area contributed by atoms with Gasteiger partial charge in [0.1, 0.15) is 11.8 Å². The van der Waals surface area contributed by atoms with Crippen molar-refractivity contribution in [1.29, 1.82) is 0 Å². The quantitative estimate of drug-likeness (QED) is 0.931. The van der Waals surface area contributed by atoms with Crippen LogP contribution in [0.3, 0.4) is 0 Å². The number of carbonyl (C=O) groups is 2. The maximum atomic E-state index is 12.4. The summed E-state index contributed by atoms with van der Waals surface area (Å²) >= 11 is 0. The van der Waals surface area contributed by atoms with Crippen molar-refractivity contribution < 1.29 is 32.6 Å². The number of ether oxygens (including phenoxy) is 1. The lowest BCUT2D eigenvalue weighted by molar-refractivity contribution is -0.274.